The van der Waals surface area contributed by atoms with Crippen LogP contribution in [0.25, 0.3) is 11.1 Å². The molecule has 0 aromatic heterocycles. The number of aryl methyl sites for hydroxylation is 2. The summed E-state index contributed by atoms with van der Waals surface area (Å²) in [5.74, 6) is -0.586. The summed E-state index contributed by atoms with van der Waals surface area (Å²) >= 11 is 0. The van der Waals surface area contributed by atoms with Gasteiger partial charge in [0.25, 0.3) is 0 Å². The SMILES string of the molecule is C=C(C)C(=O)OCCc1cc(OC(=O)c2ccc(C)cc2)ccc1-c1ccc(OC(=O)c2ccc(C)cc2)cc1. The topological polar surface area (TPSA) is 78.9 Å². The molecule has 40 heavy (non-hydrogen) atoms. The van der Waals surface area contributed by atoms with Gasteiger partial charge in [0.1, 0.15) is 11.5 Å². The van der Waals surface area contributed by atoms with Crippen molar-refractivity contribution in [2.75, 3.05) is 6.61 Å². The summed E-state index contributed by atoms with van der Waals surface area (Å²) in [6, 6.07) is 26.8. The molecular formula is C34H30O6. The Balaban J connectivity index is 1.54. The zero-order valence-electron chi connectivity index (χ0n) is 22.7. The van der Waals surface area contributed by atoms with Gasteiger partial charge in [0.2, 0.25) is 0 Å². The van der Waals surface area contributed by atoms with Crippen molar-refractivity contribution < 1.29 is 28.6 Å². The molecule has 0 aliphatic carbocycles. The van der Waals surface area contributed by atoms with E-state index >= 15 is 0 Å². The number of hydrogen-bond donors (Lipinski definition) is 0. The molecule has 4 aromatic carbocycles. The summed E-state index contributed by atoms with van der Waals surface area (Å²) in [6.07, 6.45) is 0.383. The van der Waals surface area contributed by atoms with Crippen LogP contribution in [-0.4, -0.2) is 24.5 Å². The van der Waals surface area contributed by atoms with E-state index in [1.54, 1.807) is 55.5 Å². The molecule has 0 spiro atoms. The first-order chi connectivity index (χ1) is 19.2. The molecule has 0 aliphatic rings. The van der Waals surface area contributed by atoms with E-state index in [4.69, 9.17) is 14.2 Å². The summed E-state index contributed by atoms with van der Waals surface area (Å²) in [4.78, 5) is 37.1. The van der Waals surface area contributed by atoms with Crippen molar-refractivity contribution >= 4 is 17.9 Å². The fourth-order valence-electron chi connectivity index (χ4n) is 3.91. The zero-order chi connectivity index (χ0) is 28.6. The van der Waals surface area contributed by atoms with Gasteiger partial charge in [0.05, 0.1) is 17.7 Å². The minimum absolute atomic E-state index is 0.125. The molecule has 0 aliphatic heterocycles. The van der Waals surface area contributed by atoms with Gasteiger partial charge in [-0.15, -0.1) is 0 Å². The van der Waals surface area contributed by atoms with Crippen LogP contribution in [0.5, 0.6) is 11.5 Å². The Labute approximate surface area is 233 Å². The van der Waals surface area contributed by atoms with Crippen LogP contribution in [0.3, 0.4) is 0 Å². The number of benzene rings is 4. The zero-order valence-corrected chi connectivity index (χ0v) is 22.7. The van der Waals surface area contributed by atoms with E-state index in [-0.39, 0.29) is 6.61 Å². The first-order valence-corrected chi connectivity index (χ1v) is 12.8. The Kier molecular flexibility index (Phi) is 8.92. The predicted octanol–water partition coefficient (Wildman–Crippen LogP) is 7.07. The highest BCUT2D eigenvalue weighted by molar-refractivity contribution is 5.92. The van der Waals surface area contributed by atoms with Crippen molar-refractivity contribution in [1.82, 2.24) is 0 Å². The van der Waals surface area contributed by atoms with Crippen LogP contribution in [0.2, 0.25) is 0 Å². The standard InChI is InChI=1S/C34H30O6/c1-22(2)32(35)38-20-19-28-21-30(40-34(37)27-11-7-24(4)8-12-27)17-18-31(28)25-13-15-29(16-14-25)39-33(36)26-9-5-23(3)6-10-26/h5-18,21H,1,19-20H2,2-4H3. The number of ether oxygens (including phenoxy) is 3. The first-order valence-electron chi connectivity index (χ1n) is 12.8. The molecule has 202 valence electrons. The summed E-state index contributed by atoms with van der Waals surface area (Å²) < 4.78 is 16.5. The molecule has 0 radical (unpaired) electrons. The van der Waals surface area contributed by atoms with Crippen LogP contribution in [-0.2, 0) is 16.0 Å². The van der Waals surface area contributed by atoms with E-state index < -0.39 is 17.9 Å². The molecule has 0 unspecified atom stereocenters. The molecule has 0 bridgehead atoms. The van der Waals surface area contributed by atoms with E-state index in [0.717, 1.165) is 27.8 Å². The Hall–Kier alpha value is -4.97. The van der Waals surface area contributed by atoms with Crippen LogP contribution in [0.1, 0.15) is 44.3 Å². The van der Waals surface area contributed by atoms with Crippen molar-refractivity contribution in [3.63, 3.8) is 0 Å². The lowest BCUT2D eigenvalue weighted by molar-refractivity contribution is -0.138. The molecule has 0 atom stereocenters. The van der Waals surface area contributed by atoms with Crippen LogP contribution < -0.4 is 9.47 Å². The molecule has 0 amide bonds. The first kappa shape index (κ1) is 28.0. The Morgan fingerprint density at radius 1 is 0.675 bits per heavy atom. The molecule has 0 fully saturated rings. The summed E-state index contributed by atoms with van der Waals surface area (Å²) in [5.41, 5.74) is 5.86. The maximum atomic E-state index is 12.7. The second-order valence-corrected chi connectivity index (χ2v) is 9.52. The second kappa shape index (κ2) is 12.7. The molecule has 0 saturated carbocycles. The normalized spacial score (nSPS) is 10.5. The number of carbonyl (C=O) groups excluding carboxylic acids is 3. The van der Waals surface area contributed by atoms with E-state index in [1.807, 2.05) is 56.3 Å². The molecule has 6 nitrogen and oxygen atoms in total. The van der Waals surface area contributed by atoms with Crippen molar-refractivity contribution in [1.29, 1.82) is 0 Å². The minimum atomic E-state index is -0.469. The Morgan fingerprint density at radius 2 is 1.18 bits per heavy atom. The lowest BCUT2D eigenvalue weighted by Gasteiger charge is -2.14. The van der Waals surface area contributed by atoms with Crippen molar-refractivity contribution in [3.05, 3.63) is 131 Å². The van der Waals surface area contributed by atoms with Gasteiger partial charge in [-0.05, 0) is 86.0 Å². The van der Waals surface area contributed by atoms with Gasteiger partial charge < -0.3 is 14.2 Å². The van der Waals surface area contributed by atoms with Crippen LogP contribution in [0.15, 0.2) is 103 Å². The number of carbonyl (C=O) groups is 3. The average molecular weight is 535 g/mol. The van der Waals surface area contributed by atoms with Gasteiger partial charge in [-0.3, -0.25) is 0 Å². The highest BCUT2D eigenvalue weighted by atomic mass is 16.5. The van der Waals surface area contributed by atoms with E-state index in [9.17, 15) is 14.4 Å². The van der Waals surface area contributed by atoms with E-state index in [2.05, 4.69) is 6.58 Å². The molecule has 4 aromatic rings. The maximum absolute atomic E-state index is 12.7. The maximum Gasteiger partial charge on any atom is 0.343 e. The summed E-state index contributed by atoms with van der Waals surface area (Å²) in [5, 5.41) is 0. The van der Waals surface area contributed by atoms with E-state index in [0.29, 0.717) is 34.6 Å². The van der Waals surface area contributed by atoms with Gasteiger partial charge in [-0.25, -0.2) is 14.4 Å². The lowest BCUT2D eigenvalue weighted by Crippen LogP contribution is -2.10. The highest BCUT2D eigenvalue weighted by Gasteiger charge is 2.14. The number of esters is 3. The molecule has 4 rings (SSSR count). The molecular weight excluding hydrogens is 504 g/mol. The third-order valence-corrected chi connectivity index (χ3v) is 6.19. The van der Waals surface area contributed by atoms with Crippen molar-refractivity contribution in [2.24, 2.45) is 0 Å². The van der Waals surface area contributed by atoms with Gasteiger partial charge in [-0.1, -0.05) is 60.2 Å². The van der Waals surface area contributed by atoms with Gasteiger partial charge in [0, 0.05) is 12.0 Å². The average Bonchev–Trinajstić information content (AvgIpc) is 2.94. The largest absolute Gasteiger partial charge is 0.462 e. The van der Waals surface area contributed by atoms with Crippen molar-refractivity contribution in [3.8, 4) is 22.6 Å². The lowest BCUT2D eigenvalue weighted by atomic mass is 9.97. The van der Waals surface area contributed by atoms with Gasteiger partial charge in [0.15, 0.2) is 0 Å². The molecule has 0 N–H and O–H groups in total. The molecule has 6 heteroatoms. The van der Waals surface area contributed by atoms with E-state index in [1.165, 1.54) is 0 Å². The van der Waals surface area contributed by atoms with Gasteiger partial charge >= 0.3 is 17.9 Å². The smallest absolute Gasteiger partial charge is 0.343 e. The highest BCUT2D eigenvalue weighted by Crippen LogP contribution is 2.30. The molecule has 0 saturated heterocycles. The quantitative estimate of drug-likeness (QED) is 0.130. The summed E-state index contributed by atoms with van der Waals surface area (Å²) in [7, 11) is 0. The van der Waals surface area contributed by atoms with Crippen LogP contribution in [0.4, 0.5) is 0 Å². The van der Waals surface area contributed by atoms with Crippen LogP contribution in [0, 0.1) is 13.8 Å². The monoisotopic (exact) mass is 534 g/mol. The Bertz CT molecular complexity index is 1530. The van der Waals surface area contributed by atoms with Crippen LogP contribution >= 0.6 is 0 Å². The minimum Gasteiger partial charge on any atom is -0.462 e. The number of hydrogen-bond acceptors (Lipinski definition) is 6. The Morgan fingerprint density at radius 3 is 1.70 bits per heavy atom. The van der Waals surface area contributed by atoms with Crippen molar-refractivity contribution in [2.45, 2.75) is 27.2 Å². The predicted molar refractivity (Wildman–Crippen MR) is 154 cm³/mol. The molecule has 0 heterocycles. The second-order valence-electron chi connectivity index (χ2n) is 9.52. The summed E-state index contributed by atoms with van der Waals surface area (Å²) in [6.45, 7) is 9.22. The van der Waals surface area contributed by atoms with Gasteiger partial charge in [-0.2, -0.15) is 0 Å². The number of rotatable bonds is 9. The fourth-order valence-corrected chi connectivity index (χ4v) is 3.91. The third-order valence-electron chi connectivity index (χ3n) is 6.19. The third kappa shape index (κ3) is 7.32. The fraction of sp³-hybridized carbons (Fsp3) is 0.147.